The van der Waals surface area contributed by atoms with E-state index in [0.717, 1.165) is 24.9 Å². The molecule has 1 aromatic carbocycles. The van der Waals surface area contributed by atoms with Crippen LogP contribution in [0.1, 0.15) is 24.8 Å². The van der Waals surface area contributed by atoms with E-state index < -0.39 is 5.60 Å². The van der Waals surface area contributed by atoms with Gasteiger partial charge in [-0.25, -0.2) is 0 Å². The summed E-state index contributed by atoms with van der Waals surface area (Å²) in [6, 6.07) is 9.34. The number of rotatable bonds is 3. The minimum atomic E-state index is -0.506. The van der Waals surface area contributed by atoms with Crippen molar-refractivity contribution in [2.24, 2.45) is 0 Å². The van der Waals surface area contributed by atoms with Gasteiger partial charge in [-0.15, -0.1) is 0 Å². The minimum Gasteiger partial charge on any atom is -0.388 e. The second-order valence-corrected chi connectivity index (χ2v) is 4.12. The Morgan fingerprint density at radius 2 is 2.00 bits per heavy atom. The fourth-order valence-electron chi connectivity index (χ4n) is 1.69. The third kappa shape index (κ3) is 2.28. The lowest BCUT2D eigenvalue weighted by Crippen LogP contribution is -2.43. The number of hydrogen-bond acceptors (Lipinski definition) is 3. The highest BCUT2D eigenvalue weighted by Gasteiger charge is 2.33. The highest BCUT2D eigenvalue weighted by Crippen LogP contribution is 2.31. The summed E-state index contributed by atoms with van der Waals surface area (Å²) < 4.78 is 0. The number of anilines is 1. The number of nitrogens with one attached hydrogen (secondary N) is 1. The van der Waals surface area contributed by atoms with E-state index in [1.807, 2.05) is 12.1 Å². The maximum atomic E-state index is 9.86. The maximum Gasteiger partial charge on any atom is 0.0991 e. The molecule has 78 valence electrons. The van der Waals surface area contributed by atoms with E-state index in [0.29, 0.717) is 12.1 Å². The molecular formula is C12H14N2O. The van der Waals surface area contributed by atoms with Crippen LogP contribution in [0.25, 0.3) is 0 Å². The molecule has 0 aromatic heterocycles. The van der Waals surface area contributed by atoms with Crippen molar-refractivity contribution in [3.05, 3.63) is 29.8 Å². The molecule has 1 aromatic rings. The summed E-state index contributed by atoms with van der Waals surface area (Å²) in [4.78, 5) is 0. The van der Waals surface area contributed by atoms with E-state index in [4.69, 9.17) is 5.26 Å². The van der Waals surface area contributed by atoms with Crippen LogP contribution >= 0.6 is 0 Å². The van der Waals surface area contributed by atoms with Crippen LogP contribution < -0.4 is 5.32 Å². The summed E-state index contributed by atoms with van der Waals surface area (Å²) in [5.41, 5.74) is 1.10. The standard InChI is InChI=1S/C12H14N2O/c13-8-10-2-4-11(5-3-10)14-9-12(15)6-1-7-12/h2-5,14-15H,1,6-7,9H2. The molecule has 2 rings (SSSR count). The van der Waals surface area contributed by atoms with Gasteiger partial charge in [0.2, 0.25) is 0 Å². The molecule has 0 saturated heterocycles. The van der Waals surface area contributed by atoms with Crippen LogP contribution in [0.15, 0.2) is 24.3 Å². The Morgan fingerprint density at radius 1 is 1.33 bits per heavy atom. The average molecular weight is 202 g/mol. The molecule has 0 aliphatic heterocycles. The van der Waals surface area contributed by atoms with Gasteiger partial charge in [-0.2, -0.15) is 5.26 Å². The van der Waals surface area contributed by atoms with Gasteiger partial charge in [-0.1, -0.05) is 0 Å². The molecule has 0 bridgehead atoms. The average Bonchev–Trinajstić information content (AvgIpc) is 2.24. The topological polar surface area (TPSA) is 56.0 Å². The van der Waals surface area contributed by atoms with Crippen molar-refractivity contribution in [2.75, 3.05) is 11.9 Å². The highest BCUT2D eigenvalue weighted by molar-refractivity contribution is 5.47. The molecule has 2 N–H and O–H groups in total. The largest absolute Gasteiger partial charge is 0.388 e. The zero-order valence-corrected chi connectivity index (χ0v) is 8.53. The monoisotopic (exact) mass is 202 g/mol. The van der Waals surface area contributed by atoms with Gasteiger partial charge in [0.25, 0.3) is 0 Å². The zero-order chi connectivity index (χ0) is 10.7. The van der Waals surface area contributed by atoms with Crippen LogP contribution in [0.5, 0.6) is 0 Å². The van der Waals surface area contributed by atoms with Gasteiger partial charge in [0.1, 0.15) is 0 Å². The van der Waals surface area contributed by atoms with Crippen molar-refractivity contribution in [3.63, 3.8) is 0 Å². The van der Waals surface area contributed by atoms with Crippen molar-refractivity contribution in [1.29, 1.82) is 5.26 Å². The zero-order valence-electron chi connectivity index (χ0n) is 8.53. The molecule has 3 nitrogen and oxygen atoms in total. The molecule has 1 aliphatic carbocycles. The molecular weight excluding hydrogens is 188 g/mol. The minimum absolute atomic E-state index is 0.506. The van der Waals surface area contributed by atoms with Crippen LogP contribution in [0, 0.1) is 11.3 Å². The summed E-state index contributed by atoms with van der Waals surface area (Å²) in [5.74, 6) is 0. The molecule has 0 radical (unpaired) electrons. The molecule has 0 spiro atoms. The van der Waals surface area contributed by atoms with Crippen LogP contribution in [-0.4, -0.2) is 17.3 Å². The smallest absolute Gasteiger partial charge is 0.0991 e. The Morgan fingerprint density at radius 3 is 2.47 bits per heavy atom. The highest BCUT2D eigenvalue weighted by atomic mass is 16.3. The van der Waals surface area contributed by atoms with Crippen LogP contribution in [0.3, 0.4) is 0 Å². The number of nitrogens with zero attached hydrogens (tertiary/aromatic N) is 1. The fourth-order valence-corrected chi connectivity index (χ4v) is 1.69. The number of benzene rings is 1. The van der Waals surface area contributed by atoms with E-state index in [-0.39, 0.29) is 0 Å². The lowest BCUT2D eigenvalue weighted by molar-refractivity contribution is -0.0201. The van der Waals surface area contributed by atoms with Crippen molar-refractivity contribution < 1.29 is 5.11 Å². The number of aliphatic hydroxyl groups is 1. The molecule has 1 aliphatic rings. The quantitative estimate of drug-likeness (QED) is 0.786. The lowest BCUT2D eigenvalue weighted by Gasteiger charge is -2.36. The first-order valence-electron chi connectivity index (χ1n) is 5.18. The van der Waals surface area contributed by atoms with Gasteiger partial charge < -0.3 is 10.4 Å². The van der Waals surface area contributed by atoms with Crippen molar-refractivity contribution in [1.82, 2.24) is 0 Å². The lowest BCUT2D eigenvalue weighted by atomic mass is 9.80. The van der Waals surface area contributed by atoms with E-state index in [1.54, 1.807) is 12.1 Å². The normalized spacial score (nSPS) is 17.6. The predicted octanol–water partition coefficient (Wildman–Crippen LogP) is 1.89. The van der Waals surface area contributed by atoms with Crippen molar-refractivity contribution >= 4 is 5.69 Å². The van der Waals surface area contributed by atoms with Gasteiger partial charge in [0, 0.05) is 12.2 Å². The molecule has 0 amide bonds. The second-order valence-electron chi connectivity index (χ2n) is 4.12. The Labute approximate surface area is 89.4 Å². The summed E-state index contributed by atoms with van der Waals surface area (Å²) in [5, 5.41) is 21.7. The molecule has 0 unspecified atom stereocenters. The first-order valence-corrected chi connectivity index (χ1v) is 5.18. The molecule has 0 heterocycles. The van der Waals surface area contributed by atoms with Crippen molar-refractivity contribution in [3.8, 4) is 6.07 Å². The van der Waals surface area contributed by atoms with Crippen LogP contribution in [0.2, 0.25) is 0 Å². The fraction of sp³-hybridized carbons (Fsp3) is 0.417. The van der Waals surface area contributed by atoms with E-state index >= 15 is 0 Å². The maximum absolute atomic E-state index is 9.86. The van der Waals surface area contributed by atoms with Crippen LogP contribution in [-0.2, 0) is 0 Å². The van der Waals surface area contributed by atoms with Gasteiger partial charge in [-0.05, 0) is 43.5 Å². The third-order valence-electron chi connectivity index (χ3n) is 2.92. The third-order valence-corrected chi connectivity index (χ3v) is 2.92. The summed E-state index contributed by atoms with van der Waals surface area (Å²) >= 11 is 0. The SMILES string of the molecule is N#Cc1ccc(NCC2(O)CCC2)cc1. The predicted molar refractivity (Wildman–Crippen MR) is 58.4 cm³/mol. The van der Waals surface area contributed by atoms with Gasteiger partial charge in [-0.3, -0.25) is 0 Å². The summed E-state index contributed by atoms with van der Waals surface area (Å²) in [7, 11) is 0. The molecule has 0 atom stereocenters. The first-order chi connectivity index (χ1) is 7.22. The molecule has 3 heteroatoms. The summed E-state index contributed by atoms with van der Waals surface area (Å²) in [6.07, 6.45) is 2.89. The van der Waals surface area contributed by atoms with Crippen molar-refractivity contribution in [2.45, 2.75) is 24.9 Å². The Bertz CT molecular complexity index is 374. The van der Waals surface area contributed by atoms with Gasteiger partial charge in [0.15, 0.2) is 0 Å². The molecule has 1 saturated carbocycles. The van der Waals surface area contributed by atoms with E-state index in [9.17, 15) is 5.11 Å². The second kappa shape index (κ2) is 3.92. The van der Waals surface area contributed by atoms with E-state index in [1.165, 1.54) is 0 Å². The number of hydrogen-bond donors (Lipinski definition) is 2. The Hall–Kier alpha value is -1.53. The molecule has 1 fully saturated rings. The Kier molecular flexibility index (Phi) is 2.61. The van der Waals surface area contributed by atoms with Crippen LogP contribution in [0.4, 0.5) is 5.69 Å². The summed E-state index contributed by atoms with van der Waals surface area (Å²) in [6.45, 7) is 0.596. The van der Waals surface area contributed by atoms with Gasteiger partial charge in [0.05, 0.1) is 17.2 Å². The van der Waals surface area contributed by atoms with Gasteiger partial charge >= 0.3 is 0 Å². The molecule has 15 heavy (non-hydrogen) atoms. The first kappa shape index (κ1) is 10.0. The number of nitriles is 1. The van der Waals surface area contributed by atoms with E-state index in [2.05, 4.69) is 11.4 Å². The Balaban J connectivity index is 1.91.